The third-order valence-electron chi connectivity index (χ3n) is 2.46. The van der Waals surface area contributed by atoms with Gasteiger partial charge in [-0.3, -0.25) is 4.79 Å². The maximum atomic E-state index is 11.1. The second kappa shape index (κ2) is 5.49. The Morgan fingerprint density at radius 3 is 2.58 bits per heavy atom. The van der Waals surface area contributed by atoms with E-state index >= 15 is 0 Å². The molecular weight excluding hydrogens is 262 g/mol. The van der Waals surface area contributed by atoms with Gasteiger partial charge in [-0.1, -0.05) is 18.2 Å². The largest absolute Gasteiger partial charge is 0.478 e. The summed E-state index contributed by atoms with van der Waals surface area (Å²) in [6, 6.07) is 10.5. The Morgan fingerprint density at radius 2 is 1.89 bits per heavy atom. The number of primary amides is 1. The number of carboxylic acid groups (broad SMARTS) is 1. The van der Waals surface area contributed by atoms with E-state index in [4.69, 9.17) is 10.8 Å². The van der Waals surface area contributed by atoms with Gasteiger partial charge >= 0.3 is 5.97 Å². The molecule has 0 aliphatic carbocycles. The lowest BCUT2D eigenvalue weighted by atomic mass is 10.1. The van der Waals surface area contributed by atoms with Crippen molar-refractivity contribution in [1.29, 1.82) is 0 Å². The van der Waals surface area contributed by atoms with Crippen molar-refractivity contribution in [2.45, 2.75) is 0 Å². The fourth-order valence-electron chi connectivity index (χ4n) is 1.64. The average Bonchev–Trinajstić information content (AvgIpc) is 2.85. The Bertz CT molecular complexity index is 658. The third kappa shape index (κ3) is 3.08. The zero-order chi connectivity index (χ0) is 13.8. The zero-order valence-corrected chi connectivity index (χ0v) is 10.7. The summed E-state index contributed by atoms with van der Waals surface area (Å²) in [4.78, 5) is 23.5. The minimum absolute atomic E-state index is 0.259. The van der Waals surface area contributed by atoms with Gasteiger partial charge < -0.3 is 10.8 Å². The number of aromatic carboxylic acids is 1. The minimum atomic E-state index is -0.960. The highest BCUT2D eigenvalue weighted by Gasteiger charge is 2.11. The second-order valence-corrected chi connectivity index (χ2v) is 4.90. The molecule has 0 unspecified atom stereocenters. The van der Waals surface area contributed by atoms with Crippen molar-refractivity contribution in [3.8, 4) is 10.4 Å². The smallest absolute Gasteiger partial charge is 0.336 e. The Hall–Kier alpha value is -2.40. The first-order valence-electron chi connectivity index (χ1n) is 5.48. The topological polar surface area (TPSA) is 80.4 Å². The summed E-state index contributed by atoms with van der Waals surface area (Å²) in [6.45, 7) is 0. The summed E-state index contributed by atoms with van der Waals surface area (Å²) in [7, 11) is 0. The number of benzene rings is 1. The molecule has 0 saturated heterocycles. The van der Waals surface area contributed by atoms with Crippen molar-refractivity contribution in [2.24, 2.45) is 5.73 Å². The van der Waals surface area contributed by atoms with Gasteiger partial charge in [0, 0.05) is 21.4 Å². The number of thiophene rings is 1. The number of amides is 1. The average molecular weight is 273 g/mol. The number of carbonyl (C=O) groups excluding carboxylic acids is 1. The predicted molar refractivity (Wildman–Crippen MR) is 74.9 cm³/mol. The van der Waals surface area contributed by atoms with E-state index in [1.165, 1.54) is 17.4 Å². The molecule has 1 aromatic heterocycles. The van der Waals surface area contributed by atoms with Crippen LogP contribution in [0.25, 0.3) is 16.5 Å². The molecule has 5 heteroatoms. The lowest BCUT2D eigenvalue weighted by Gasteiger charge is -2.02. The SMILES string of the molecule is NC(=O)/C=C\c1ccc(-c2ccccc2C(=O)O)s1. The molecular formula is C14H11NO3S. The van der Waals surface area contributed by atoms with E-state index in [9.17, 15) is 9.59 Å². The Kier molecular flexibility index (Phi) is 3.77. The number of hydrogen-bond acceptors (Lipinski definition) is 3. The number of carbonyl (C=O) groups is 2. The summed E-state index contributed by atoms with van der Waals surface area (Å²) in [5.74, 6) is -1.47. The summed E-state index contributed by atoms with van der Waals surface area (Å²) >= 11 is 1.40. The van der Waals surface area contributed by atoms with Crippen LogP contribution in [0.1, 0.15) is 15.2 Å². The van der Waals surface area contributed by atoms with Crippen LogP contribution in [0.2, 0.25) is 0 Å². The van der Waals surface area contributed by atoms with Crippen molar-refractivity contribution in [1.82, 2.24) is 0 Å². The van der Waals surface area contributed by atoms with Crippen LogP contribution in [0.5, 0.6) is 0 Å². The first-order chi connectivity index (χ1) is 9.08. The van der Waals surface area contributed by atoms with Gasteiger partial charge in [-0.15, -0.1) is 11.3 Å². The van der Waals surface area contributed by atoms with E-state index in [-0.39, 0.29) is 5.56 Å². The fourth-order valence-corrected chi connectivity index (χ4v) is 2.59. The summed E-state index contributed by atoms with van der Waals surface area (Å²) < 4.78 is 0. The van der Waals surface area contributed by atoms with Gasteiger partial charge in [0.2, 0.25) is 5.91 Å². The van der Waals surface area contributed by atoms with Crippen molar-refractivity contribution < 1.29 is 14.7 Å². The molecule has 0 atom stereocenters. The molecule has 0 aliphatic rings. The fraction of sp³-hybridized carbons (Fsp3) is 0. The molecule has 0 saturated carbocycles. The van der Waals surface area contributed by atoms with E-state index in [1.54, 1.807) is 30.3 Å². The molecule has 0 aliphatic heterocycles. The zero-order valence-electron chi connectivity index (χ0n) is 9.87. The van der Waals surface area contributed by atoms with Gasteiger partial charge in [-0.25, -0.2) is 4.79 Å². The van der Waals surface area contributed by atoms with E-state index < -0.39 is 11.9 Å². The van der Waals surface area contributed by atoms with Gasteiger partial charge in [0.1, 0.15) is 0 Å². The highest BCUT2D eigenvalue weighted by Crippen LogP contribution is 2.31. The summed E-state index contributed by atoms with van der Waals surface area (Å²) in [5, 5.41) is 9.14. The van der Waals surface area contributed by atoms with Crippen LogP contribution in [0.3, 0.4) is 0 Å². The van der Waals surface area contributed by atoms with Crippen LogP contribution in [0.15, 0.2) is 42.5 Å². The minimum Gasteiger partial charge on any atom is -0.478 e. The van der Waals surface area contributed by atoms with Crippen molar-refractivity contribution >= 4 is 29.3 Å². The highest BCUT2D eigenvalue weighted by atomic mass is 32.1. The molecule has 19 heavy (non-hydrogen) atoms. The van der Waals surface area contributed by atoms with Gasteiger partial charge in [0.15, 0.2) is 0 Å². The molecule has 0 radical (unpaired) electrons. The molecule has 2 rings (SSSR count). The van der Waals surface area contributed by atoms with E-state index in [1.807, 2.05) is 12.1 Å². The quantitative estimate of drug-likeness (QED) is 0.840. The second-order valence-electron chi connectivity index (χ2n) is 3.79. The van der Waals surface area contributed by atoms with Crippen molar-refractivity contribution in [3.05, 3.63) is 52.9 Å². The maximum absolute atomic E-state index is 11.1. The molecule has 0 spiro atoms. The van der Waals surface area contributed by atoms with Crippen LogP contribution in [-0.4, -0.2) is 17.0 Å². The van der Waals surface area contributed by atoms with Crippen LogP contribution < -0.4 is 5.73 Å². The summed E-state index contributed by atoms with van der Waals surface area (Å²) in [6.07, 6.45) is 2.89. The van der Waals surface area contributed by atoms with Crippen LogP contribution >= 0.6 is 11.3 Å². The third-order valence-corrected chi connectivity index (χ3v) is 3.55. The molecule has 96 valence electrons. The van der Waals surface area contributed by atoms with Crippen LogP contribution in [0.4, 0.5) is 0 Å². The molecule has 0 bridgehead atoms. The van der Waals surface area contributed by atoms with Crippen molar-refractivity contribution in [3.63, 3.8) is 0 Å². The number of rotatable bonds is 4. The number of carboxylic acids is 1. The van der Waals surface area contributed by atoms with E-state index in [2.05, 4.69) is 0 Å². The van der Waals surface area contributed by atoms with Gasteiger partial charge in [-0.2, -0.15) is 0 Å². The maximum Gasteiger partial charge on any atom is 0.336 e. The van der Waals surface area contributed by atoms with Gasteiger partial charge in [0.25, 0.3) is 0 Å². The number of hydrogen-bond donors (Lipinski definition) is 2. The first kappa shape index (κ1) is 13.0. The Morgan fingerprint density at radius 1 is 1.16 bits per heavy atom. The molecule has 0 fully saturated rings. The van der Waals surface area contributed by atoms with Gasteiger partial charge in [0.05, 0.1) is 5.56 Å². The van der Waals surface area contributed by atoms with Crippen molar-refractivity contribution in [2.75, 3.05) is 0 Å². The van der Waals surface area contributed by atoms with Crippen LogP contribution in [-0.2, 0) is 4.79 Å². The highest BCUT2D eigenvalue weighted by molar-refractivity contribution is 7.16. The molecule has 1 amide bonds. The molecule has 1 aromatic carbocycles. The molecule has 2 aromatic rings. The number of nitrogens with two attached hydrogens (primary N) is 1. The molecule has 1 heterocycles. The lowest BCUT2D eigenvalue weighted by Crippen LogP contribution is -2.04. The molecule has 3 N–H and O–H groups in total. The van der Waals surface area contributed by atoms with E-state index in [0.717, 1.165) is 9.75 Å². The normalized spacial score (nSPS) is 10.7. The summed E-state index contributed by atoms with van der Waals surface area (Å²) in [5.41, 5.74) is 5.95. The lowest BCUT2D eigenvalue weighted by molar-refractivity contribution is -0.113. The van der Waals surface area contributed by atoms with Gasteiger partial charge in [-0.05, 0) is 24.3 Å². The predicted octanol–water partition coefficient (Wildman–Crippen LogP) is 2.61. The molecule has 4 nitrogen and oxygen atoms in total. The standard InChI is InChI=1S/C14H11NO3S/c15-13(16)8-6-9-5-7-12(19-9)10-3-1-2-4-11(10)14(17)18/h1-8H,(H2,15,16)(H,17,18)/b8-6-. The van der Waals surface area contributed by atoms with Crippen LogP contribution in [0, 0.1) is 0 Å². The van der Waals surface area contributed by atoms with E-state index in [0.29, 0.717) is 5.56 Å². The Balaban J connectivity index is 2.38. The Labute approximate surface area is 113 Å². The first-order valence-corrected chi connectivity index (χ1v) is 6.29. The monoisotopic (exact) mass is 273 g/mol.